The number of hydrogen-bond acceptors (Lipinski definition) is 2. The average molecular weight is 152 g/mol. The van der Waals surface area contributed by atoms with E-state index in [0.717, 1.165) is 0 Å². The van der Waals surface area contributed by atoms with Crippen LogP contribution in [0.3, 0.4) is 0 Å². The average Bonchev–Trinajstić information content (AvgIpc) is 2.37. The molecule has 0 aromatic carbocycles. The van der Waals surface area contributed by atoms with Gasteiger partial charge in [0.1, 0.15) is 0 Å². The highest BCUT2D eigenvalue weighted by Crippen LogP contribution is 2.19. The fraction of sp³-hybridized carbons (Fsp3) is 0.889. The standard InChI is InChI=1S/C9H16N2/c1-7(2)9-4-3-8(11-9)5-6-10/h7-9,11H,3-5H2,1-2H3. The summed E-state index contributed by atoms with van der Waals surface area (Å²) in [5.74, 6) is 0.707. The van der Waals surface area contributed by atoms with Crippen molar-refractivity contribution in [1.82, 2.24) is 5.32 Å². The molecule has 0 amide bonds. The Morgan fingerprint density at radius 3 is 2.73 bits per heavy atom. The first-order valence-corrected chi connectivity index (χ1v) is 4.37. The number of nitrogens with zero attached hydrogens (tertiary/aromatic N) is 1. The van der Waals surface area contributed by atoms with Crippen LogP contribution in [0.5, 0.6) is 0 Å². The van der Waals surface area contributed by atoms with Gasteiger partial charge in [0.05, 0.1) is 12.5 Å². The zero-order valence-electron chi connectivity index (χ0n) is 7.30. The molecule has 1 fully saturated rings. The van der Waals surface area contributed by atoms with E-state index >= 15 is 0 Å². The molecule has 2 atom stereocenters. The Morgan fingerprint density at radius 2 is 2.27 bits per heavy atom. The largest absolute Gasteiger partial charge is 0.310 e. The van der Waals surface area contributed by atoms with Gasteiger partial charge in [-0.05, 0) is 18.8 Å². The SMILES string of the molecule is CC(C)C1CCC(CC#N)N1. The minimum absolute atomic E-state index is 0.465. The predicted molar refractivity (Wildman–Crippen MR) is 45.0 cm³/mol. The van der Waals surface area contributed by atoms with Gasteiger partial charge in [0.2, 0.25) is 0 Å². The smallest absolute Gasteiger partial charge is 0.0638 e. The Hall–Kier alpha value is -0.550. The molecule has 0 spiro atoms. The van der Waals surface area contributed by atoms with Crippen LogP contribution in [0, 0.1) is 17.2 Å². The van der Waals surface area contributed by atoms with Crippen molar-refractivity contribution in [3.63, 3.8) is 0 Å². The molecule has 1 aliphatic rings. The monoisotopic (exact) mass is 152 g/mol. The molecule has 1 saturated heterocycles. The second-order valence-electron chi connectivity index (χ2n) is 3.65. The molecule has 1 heterocycles. The van der Waals surface area contributed by atoms with Crippen LogP contribution in [-0.2, 0) is 0 Å². The number of rotatable bonds is 2. The molecule has 0 aromatic rings. The highest BCUT2D eigenvalue weighted by atomic mass is 15.0. The zero-order chi connectivity index (χ0) is 8.27. The topological polar surface area (TPSA) is 35.8 Å². The summed E-state index contributed by atoms with van der Waals surface area (Å²) in [6.07, 6.45) is 3.09. The summed E-state index contributed by atoms with van der Waals surface area (Å²) in [5, 5.41) is 11.9. The fourth-order valence-corrected chi connectivity index (χ4v) is 1.65. The van der Waals surface area contributed by atoms with Crippen LogP contribution in [0.25, 0.3) is 0 Å². The molecule has 0 saturated carbocycles. The summed E-state index contributed by atoms with van der Waals surface area (Å²) >= 11 is 0. The molecule has 11 heavy (non-hydrogen) atoms. The van der Waals surface area contributed by atoms with Crippen LogP contribution in [0.4, 0.5) is 0 Å². The van der Waals surface area contributed by atoms with Crippen LogP contribution >= 0.6 is 0 Å². The van der Waals surface area contributed by atoms with Crippen LogP contribution < -0.4 is 5.32 Å². The van der Waals surface area contributed by atoms with E-state index in [9.17, 15) is 0 Å². The van der Waals surface area contributed by atoms with Gasteiger partial charge < -0.3 is 5.32 Å². The molecule has 2 heteroatoms. The van der Waals surface area contributed by atoms with E-state index in [1.165, 1.54) is 12.8 Å². The maximum Gasteiger partial charge on any atom is 0.0638 e. The summed E-state index contributed by atoms with van der Waals surface area (Å²) in [7, 11) is 0. The number of nitrogens with one attached hydrogen (secondary N) is 1. The van der Waals surface area contributed by atoms with E-state index in [0.29, 0.717) is 24.4 Å². The van der Waals surface area contributed by atoms with Crippen LogP contribution in [0.15, 0.2) is 0 Å². The summed E-state index contributed by atoms with van der Waals surface area (Å²) in [5.41, 5.74) is 0. The van der Waals surface area contributed by atoms with Gasteiger partial charge in [-0.1, -0.05) is 13.8 Å². The third-order valence-corrected chi connectivity index (χ3v) is 2.42. The van der Waals surface area contributed by atoms with E-state index in [4.69, 9.17) is 5.26 Å². The van der Waals surface area contributed by atoms with Crippen molar-refractivity contribution in [2.75, 3.05) is 0 Å². The molecule has 62 valence electrons. The van der Waals surface area contributed by atoms with E-state index in [1.54, 1.807) is 0 Å². The predicted octanol–water partition coefficient (Wildman–Crippen LogP) is 1.68. The molecule has 2 unspecified atom stereocenters. The molecule has 0 aromatic heterocycles. The van der Waals surface area contributed by atoms with Crippen molar-refractivity contribution in [2.45, 2.75) is 45.2 Å². The quantitative estimate of drug-likeness (QED) is 0.653. The lowest BCUT2D eigenvalue weighted by Gasteiger charge is -2.15. The summed E-state index contributed by atoms with van der Waals surface area (Å²) in [6.45, 7) is 4.46. The van der Waals surface area contributed by atoms with Crippen molar-refractivity contribution >= 4 is 0 Å². The molecule has 1 N–H and O–H groups in total. The lowest BCUT2D eigenvalue weighted by atomic mass is 10.0. The lowest BCUT2D eigenvalue weighted by Crippen LogP contribution is -2.32. The van der Waals surface area contributed by atoms with Gasteiger partial charge in [-0.3, -0.25) is 0 Å². The molecule has 2 nitrogen and oxygen atoms in total. The van der Waals surface area contributed by atoms with Gasteiger partial charge in [0.15, 0.2) is 0 Å². The zero-order valence-corrected chi connectivity index (χ0v) is 7.30. The Balaban J connectivity index is 2.30. The first-order chi connectivity index (χ1) is 5.24. The minimum Gasteiger partial charge on any atom is -0.310 e. The maximum absolute atomic E-state index is 8.46. The molecule has 1 rings (SSSR count). The van der Waals surface area contributed by atoms with Crippen LogP contribution in [0.1, 0.15) is 33.1 Å². The normalized spacial score (nSPS) is 30.7. The highest BCUT2D eigenvalue weighted by Gasteiger charge is 2.24. The third-order valence-electron chi connectivity index (χ3n) is 2.42. The third kappa shape index (κ3) is 2.20. The molecule has 0 aliphatic carbocycles. The van der Waals surface area contributed by atoms with Crippen LogP contribution in [-0.4, -0.2) is 12.1 Å². The Labute approximate surface area is 68.6 Å². The van der Waals surface area contributed by atoms with Gasteiger partial charge in [-0.25, -0.2) is 0 Å². The lowest BCUT2D eigenvalue weighted by molar-refractivity contribution is 0.430. The Kier molecular flexibility index (Phi) is 2.90. The summed E-state index contributed by atoms with van der Waals surface area (Å²) in [4.78, 5) is 0. The molecule has 0 radical (unpaired) electrons. The van der Waals surface area contributed by atoms with Gasteiger partial charge in [-0.15, -0.1) is 0 Å². The van der Waals surface area contributed by atoms with Gasteiger partial charge in [0.25, 0.3) is 0 Å². The highest BCUT2D eigenvalue weighted by molar-refractivity contribution is 4.90. The maximum atomic E-state index is 8.46. The second kappa shape index (κ2) is 3.73. The van der Waals surface area contributed by atoms with E-state index in [1.807, 2.05) is 0 Å². The molecule has 1 aliphatic heterocycles. The molecule has 0 bridgehead atoms. The summed E-state index contributed by atoms with van der Waals surface area (Å²) in [6, 6.07) is 3.32. The Morgan fingerprint density at radius 1 is 1.55 bits per heavy atom. The molecular formula is C9H16N2. The van der Waals surface area contributed by atoms with E-state index in [-0.39, 0.29) is 0 Å². The van der Waals surface area contributed by atoms with Gasteiger partial charge in [-0.2, -0.15) is 5.26 Å². The van der Waals surface area contributed by atoms with Gasteiger partial charge >= 0.3 is 0 Å². The Bertz CT molecular complexity index is 157. The first kappa shape index (κ1) is 8.55. The van der Waals surface area contributed by atoms with Crippen molar-refractivity contribution in [2.24, 2.45) is 5.92 Å². The van der Waals surface area contributed by atoms with Crippen molar-refractivity contribution in [1.29, 1.82) is 5.26 Å². The van der Waals surface area contributed by atoms with E-state index in [2.05, 4.69) is 25.2 Å². The van der Waals surface area contributed by atoms with E-state index < -0.39 is 0 Å². The van der Waals surface area contributed by atoms with Crippen molar-refractivity contribution in [3.05, 3.63) is 0 Å². The van der Waals surface area contributed by atoms with Crippen molar-refractivity contribution < 1.29 is 0 Å². The van der Waals surface area contributed by atoms with Crippen molar-refractivity contribution in [3.8, 4) is 6.07 Å². The number of hydrogen-bond donors (Lipinski definition) is 1. The van der Waals surface area contributed by atoms with Crippen LogP contribution in [0.2, 0.25) is 0 Å². The summed E-state index contributed by atoms with van der Waals surface area (Å²) < 4.78 is 0. The first-order valence-electron chi connectivity index (χ1n) is 4.37. The molecular weight excluding hydrogens is 136 g/mol. The number of nitriles is 1. The minimum atomic E-state index is 0.465. The fourth-order valence-electron chi connectivity index (χ4n) is 1.65. The second-order valence-corrected chi connectivity index (χ2v) is 3.65. The van der Waals surface area contributed by atoms with Gasteiger partial charge in [0, 0.05) is 12.1 Å².